The molecule has 1 N–H and O–H groups in total. The molecule has 0 unspecified atom stereocenters. The van der Waals surface area contributed by atoms with Crippen LogP contribution in [0.15, 0.2) is 42.5 Å². The van der Waals surface area contributed by atoms with Gasteiger partial charge in [0.1, 0.15) is 19.0 Å². The average molecular weight is 370 g/mol. The second kappa shape index (κ2) is 8.44. The molecule has 0 saturated heterocycles. The Morgan fingerprint density at radius 2 is 1.81 bits per heavy atom. The standard InChI is InChI=1S/C20H22N2O5/c1-22(2)19(23)13-27-16-6-4-3-5-15(16)20(24)21-12-14-7-8-17-18(11-14)26-10-9-25-17/h3-8,11H,9-10,12-13H2,1-2H3,(H,21,24). The summed E-state index contributed by atoms with van der Waals surface area (Å²) in [5.74, 6) is 1.30. The number of benzene rings is 2. The Morgan fingerprint density at radius 1 is 1.07 bits per heavy atom. The van der Waals surface area contributed by atoms with Crippen LogP contribution in [-0.2, 0) is 11.3 Å². The molecule has 7 nitrogen and oxygen atoms in total. The molecule has 0 aromatic heterocycles. The Hall–Kier alpha value is -3.22. The van der Waals surface area contributed by atoms with Gasteiger partial charge in [-0.3, -0.25) is 9.59 Å². The second-order valence-corrected chi connectivity index (χ2v) is 6.23. The van der Waals surface area contributed by atoms with Gasteiger partial charge in [0.05, 0.1) is 5.56 Å². The highest BCUT2D eigenvalue weighted by atomic mass is 16.6. The fourth-order valence-electron chi connectivity index (χ4n) is 2.52. The summed E-state index contributed by atoms with van der Waals surface area (Å²) in [4.78, 5) is 25.7. The number of amides is 2. The maximum atomic E-state index is 12.6. The number of fused-ring (bicyclic) bond motifs is 1. The van der Waals surface area contributed by atoms with E-state index in [2.05, 4.69) is 5.32 Å². The Balaban J connectivity index is 1.63. The zero-order chi connectivity index (χ0) is 19.2. The predicted molar refractivity (Wildman–Crippen MR) is 99.2 cm³/mol. The van der Waals surface area contributed by atoms with Crippen molar-refractivity contribution in [2.45, 2.75) is 6.54 Å². The van der Waals surface area contributed by atoms with Gasteiger partial charge in [-0.15, -0.1) is 0 Å². The van der Waals surface area contributed by atoms with Crippen LogP contribution in [0.5, 0.6) is 17.2 Å². The van der Waals surface area contributed by atoms with E-state index in [1.54, 1.807) is 38.4 Å². The Labute approximate surface area is 157 Å². The largest absolute Gasteiger partial charge is 0.486 e. The first-order chi connectivity index (χ1) is 13.0. The molecule has 0 atom stereocenters. The van der Waals surface area contributed by atoms with Crippen LogP contribution in [0.1, 0.15) is 15.9 Å². The number of carbonyl (C=O) groups excluding carboxylic acids is 2. The van der Waals surface area contributed by atoms with Crippen molar-refractivity contribution in [2.75, 3.05) is 33.9 Å². The van der Waals surface area contributed by atoms with E-state index in [4.69, 9.17) is 14.2 Å². The molecule has 2 aromatic rings. The van der Waals surface area contributed by atoms with E-state index in [0.717, 1.165) is 5.56 Å². The lowest BCUT2D eigenvalue weighted by molar-refractivity contribution is -0.130. The van der Waals surface area contributed by atoms with Crippen LogP contribution in [0.4, 0.5) is 0 Å². The molecular weight excluding hydrogens is 348 g/mol. The number of rotatable bonds is 6. The summed E-state index contributed by atoms with van der Waals surface area (Å²) >= 11 is 0. The lowest BCUT2D eigenvalue weighted by atomic mass is 10.1. The predicted octanol–water partition coefficient (Wildman–Crippen LogP) is 1.85. The molecule has 1 aliphatic heterocycles. The molecule has 142 valence electrons. The fourth-order valence-corrected chi connectivity index (χ4v) is 2.52. The summed E-state index contributed by atoms with van der Waals surface area (Å²) in [7, 11) is 3.30. The van der Waals surface area contributed by atoms with E-state index in [1.807, 2.05) is 18.2 Å². The van der Waals surface area contributed by atoms with Crippen LogP contribution in [0.25, 0.3) is 0 Å². The molecule has 0 spiro atoms. The normalized spacial score (nSPS) is 12.2. The highest BCUT2D eigenvalue weighted by molar-refractivity contribution is 5.97. The van der Waals surface area contributed by atoms with E-state index in [1.165, 1.54) is 4.90 Å². The molecule has 2 amide bonds. The van der Waals surface area contributed by atoms with Gasteiger partial charge in [-0.25, -0.2) is 0 Å². The average Bonchev–Trinajstić information content (AvgIpc) is 2.70. The molecule has 3 rings (SSSR count). The highest BCUT2D eigenvalue weighted by Gasteiger charge is 2.15. The van der Waals surface area contributed by atoms with Crippen molar-refractivity contribution in [2.24, 2.45) is 0 Å². The van der Waals surface area contributed by atoms with Crippen LogP contribution in [-0.4, -0.2) is 50.6 Å². The molecule has 0 saturated carbocycles. The zero-order valence-electron chi connectivity index (χ0n) is 15.4. The van der Waals surface area contributed by atoms with E-state index in [9.17, 15) is 9.59 Å². The zero-order valence-corrected chi connectivity index (χ0v) is 15.4. The molecule has 1 aliphatic rings. The van der Waals surface area contributed by atoms with Gasteiger partial charge in [-0.2, -0.15) is 0 Å². The smallest absolute Gasteiger partial charge is 0.259 e. The first kappa shape index (κ1) is 18.6. The molecule has 7 heteroatoms. The highest BCUT2D eigenvalue weighted by Crippen LogP contribution is 2.30. The fraction of sp³-hybridized carbons (Fsp3) is 0.300. The number of likely N-dealkylation sites (N-methyl/N-ethyl adjacent to an activating group) is 1. The molecular formula is C20H22N2O5. The van der Waals surface area contributed by atoms with Gasteiger partial charge in [0, 0.05) is 20.6 Å². The third kappa shape index (κ3) is 4.69. The van der Waals surface area contributed by atoms with E-state index >= 15 is 0 Å². The summed E-state index contributed by atoms with van der Waals surface area (Å²) in [6.07, 6.45) is 0. The third-order valence-electron chi connectivity index (χ3n) is 4.04. The van der Waals surface area contributed by atoms with E-state index in [0.29, 0.717) is 42.6 Å². The topological polar surface area (TPSA) is 77.1 Å². The van der Waals surface area contributed by atoms with Gasteiger partial charge in [-0.1, -0.05) is 18.2 Å². The molecule has 0 radical (unpaired) electrons. The van der Waals surface area contributed by atoms with Gasteiger partial charge >= 0.3 is 0 Å². The molecule has 0 fully saturated rings. The van der Waals surface area contributed by atoms with Gasteiger partial charge in [0.15, 0.2) is 18.1 Å². The Kier molecular flexibility index (Phi) is 5.80. The molecule has 27 heavy (non-hydrogen) atoms. The minimum atomic E-state index is -0.280. The second-order valence-electron chi connectivity index (χ2n) is 6.23. The van der Waals surface area contributed by atoms with Crippen molar-refractivity contribution < 1.29 is 23.8 Å². The van der Waals surface area contributed by atoms with Gasteiger partial charge < -0.3 is 24.4 Å². The van der Waals surface area contributed by atoms with Crippen LogP contribution < -0.4 is 19.5 Å². The van der Waals surface area contributed by atoms with Crippen molar-refractivity contribution in [1.29, 1.82) is 0 Å². The Morgan fingerprint density at radius 3 is 2.59 bits per heavy atom. The number of hydrogen-bond donors (Lipinski definition) is 1. The molecule has 0 bridgehead atoms. The van der Waals surface area contributed by atoms with E-state index in [-0.39, 0.29) is 18.4 Å². The van der Waals surface area contributed by atoms with Crippen LogP contribution in [0.3, 0.4) is 0 Å². The van der Waals surface area contributed by atoms with Crippen LogP contribution in [0.2, 0.25) is 0 Å². The summed E-state index contributed by atoms with van der Waals surface area (Å²) in [6, 6.07) is 12.4. The summed E-state index contributed by atoms with van der Waals surface area (Å²) in [5, 5.41) is 2.86. The number of hydrogen-bond acceptors (Lipinski definition) is 5. The number of nitrogens with zero attached hydrogens (tertiary/aromatic N) is 1. The SMILES string of the molecule is CN(C)C(=O)COc1ccccc1C(=O)NCc1ccc2c(c1)OCCO2. The van der Waals surface area contributed by atoms with Crippen molar-refractivity contribution >= 4 is 11.8 Å². The first-order valence-electron chi connectivity index (χ1n) is 8.63. The number of para-hydroxylation sites is 1. The van der Waals surface area contributed by atoms with Crippen LogP contribution in [0, 0.1) is 0 Å². The summed E-state index contributed by atoms with van der Waals surface area (Å²) in [5.41, 5.74) is 1.27. The number of ether oxygens (including phenoxy) is 3. The molecule has 2 aromatic carbocycles. The quantitative estimate of drug-likeness (QED) is 0.840. The third-order valence-corrected chi connectivity index (χ3v) is 4.04. The minimum absolute atomic E-state index is 0.126. The lowest BCUT2D eigenvalue weighted by Gasteiger charge is -2.19. The van der Waals surface area contributed by atoms with Gasteiger partial charge in [-0.05, 0) is 29.8 Å². The minimum Gasteiger partial charge on any atom is -0.486 e. The van der Waals surface area contributed by atoms with Crippen molar-refractivity contribution in [1.82, 2.24) is 10.2 Å². The molecule has 0 aliphatic carbocycles. The lowest BCUT2D eigenvalue weighted by Crippen LogP contribution is -2.28. The maximum Gasteiger partial charge on any atom is 0.259 e. The first-order valence-corrected chi connectivity index (χ1v) is 8.63. The van der Waals surface area contributed by atoms with Crippen molar-refractivity contribution in [3.8, 4) is 17.2 Å². The number of carbonyl (C=O) groups is 2. The van der Waals surface area contributed by atoms with Crippen molar-refractivity contribution in [3.05, 3.63) is 53.6 Å². The summed E-state index contributed by atoms with van der Waals surface area (Å²) in [6.45, 7) is 1.26. The number of nitrogens with one attached hydrogen (secondary N) is 1. The van der Waals surface area contributed by atoms with Crippen molar-refractivity contribution in [3.63, 3.8) is 0 Å². The van der Waals surface area contributed by atoms with E-state index < -0.39 is 0 Å². The molecule has 1 heterocycles. The van der Waals surface area contributed by atoms with Gasteiger partial charge in [0.25, 0.3) is 11.8 Å². The maximum absolute atomic E-state index is 12.6. The monoisotopic (exact) mass is 370 g/mol. The van der Waals surface area contributed by atoms with Gasteiger partial charge in [0.2, 0.25) is 0 Å². The van der Waals surface area contributed by atoms with Crippen LogP contribution >= 0.6 is 0 Å². The summed E-state index contributed by atoms with van der Waals surface area (Å²) < 4.78 is 16.6. The Bertz CT molecular complexity index is 835.